The quantitative estimate of drug-likeness (QED) is 0.868. The Hall–Kier alpha value is -1.51. The average molecular weight is 233 g/mol. The van der Waals surface area contributed by atoms with E-state index in [2.05, 4.69) is 11.4 Å². The number of hydrogen-bond donors (Lipinski definition) is 1. The molecule has 0 spiro atoms. The average Bonchev–Trinajstić information content (AvgIpc) is 2.38. The van der Waals surface area contributed by atoms with Gasteiger partial charge < -0.3 is 10.1 Å². The number of likely N-dealkylation sites (N-methyl/N-ethyl adjacent to an activating group) is 1. The molecule has 0 fully saturated rings. The van der Waals surface area contributed by atoms with Crippen molar-refractivity contribution in [3.63, 3.8) is 0 Å². The highest BCUT2D eigenvalue weighted by Gasteiger charge is 2.18. The van der Waals surface area contributed by atoms with Crippen LogP contribution >= 0.6 is 0 Å². The van der Waals surface area contributed by atoms with Gasteiger partial charge in [-0.15, -0.1) is 0 Å². The van der Waals surface area contributed by atoms with Crippen molar-refractivity contribution in [3.05, 3.63) is 29.3 Å². The number of ether oxygens (including phenoxy) is 1. The second-order valence-corrected chi connectivity index (χ2v) is 4.48. The van der Waals surface area contributed by atoms with Crippen LogP contribution in [0.1, 0.15) is 30.9 Å². The molecular weight excluding hydrogens is 214 g/mol. The lowest BCUT2D eigenvalue weighted by molar-refractivity contribution is -0.126. The van der Waals surface area contributed by atoms with Crippen LogP contribution < -0.4 is 10.1 Å². The molecule has 2 rings (SSSR count). The van der Waals surface area contributed by atoms with E-state index in [1.807, 2.05) is 12.1 Å². The van der Waals surface area contributed by atoms with Gasteiger partial charge in [-0.3, -0.25) is 4.79 Å². The number of benzene rings is 1. The van der Waals surface area contributed by atoms with E-state index in [1.165, 1.54) is 24.0 Å². The third-order valence-corrected chi connectivity index (χ3v) is 3.27. The minimum atomic E-state index is -0.437. The first-order valence-corrected chi connectivity index (χ1v) is 6.21. The molecule has 1 aliphatic rings. The number of carbonyl (C=O) groups excluding carboxylic acids is 1. The lowest BCUT2D eigenvalue weighted by Crippen LogP contribution is -2.34. The van der Waals surface area contributed by atoms with Gasteiger partial charge in [0.15, 0.2) is 6.10 Å². The number of hydrogen-bond acceptors (Lipinski definition) is 2. The molecule has 0 heterocycles. The molecule has 1 aromatic rings. The predicted molar refractivity (Wildman–Crippen MR) is 67.2 cm³/mol. The summed E-state index contributed by atoms with van der Waals surface area (Å²) in [6.45, 7) is 1.78. The van der Waals surface area contributed by atoms with Crippen molar-refractivity contribution in [1.29, 1.82) is 0 Å². The van der Waals surface area contributed by atoms with Crippen LogP contribution in [0.4, 0.5) is 0 Å². The Morgan fingerprint density at radius 2 is 2.12 bits per heavy atom. The standard InChI is InChI=1S/C14H19NO2/c1-10(14(16)15-2)17-13-9-5-7-11-6-3-4-8-12(11)13/h5,7,9-10H,3-4,6,8H2,1-2H3,(H,15,16)/t10-/m1/s1. The molecule has 92 valence electrons. The van der Waals surface area contributed by atoms with Crippen molar-refractivity contribution in [3.8, 4) is 5.75 Å². The summed E-state index contributed by atoms with van der Waals surface area (Å²) in [6, 6.07) is 6.13. The van der Waals surface area contributed by atoms with Crippen LogP contribution in [0.25, 0.3) is 0 Å². The summed E-state index contributed by atoms with van der Waals surface area (Å²) >= 11 is 0. The van der Waals surface area contributed by atoms with Crippen LogP contribution in [0.2, 0.25) is 0 Å². The molecular formula is C14H19NO2. The fraction of sp³-hybridized carbons (Fsp3) is 0.500. The Balaban J connectivity index is 2.18. The van der Waals surface area contributed by atoms with E-state index in [4.69, 9.17) is 4.74 Å². The highest BCUT2D eigenvalue weighted by atomic mass is 16.5. The van der Waals surface area contributed by atoms with Crippen LogP contribution in [0.15, 0.2) is 18.2 Å². The van der Waals surface area contributed by atoms with Crippen LogP contribution in [0.3, 0.4) is 0 Å². The second-order valence-electron chi connectivity index (χ2n) is 4.48. The Bertz CT molecular complexity index is 415. The first kappa shape index (κ1) is 12.0. The fourth-order valence-electron chi connectivity index (χ4n) is 2.30. The maximum Gasteiger partial charge on any atom is 0.260 e. The van der Waals surface area contributed by atoms with E-state index in [9.17, 15) is 4.79 Å². The molecule has 3 heteroatoms. The van der Waals surface area contributed by atoms with Crippen molar-refractivity contribution >= 4 is 5.91 Å². The first-order chi connectivity index (χ1) is 8.22. The van der Waals surface area contributed by atoms with E-state index < -0.39 is 6.10 Å². The monoisotopic (exact) mass is 233 g/mol. The number of fused-ring (bicyclic) bond motifs is 1. The molecule has 0 aliphatic heterocycles. The van der Waals surface area contributed by atoms with Crippen LogP contribution in [0, 0.1) is 0 Å². The van der Waals surface area contributed by atoms with Gasteiger partial charge in [0.2, 0.25) is 0 Å². The van der Waals surface area contributed by atoms with Crippen LogP contribution in [-0.2, 0) is 17.6 Å². The zero-order valence-corrected chi connectivity index (χ0v) is 10.5. The fourth-order valence-corrected chi connectivity index (χ4v) is 2.30. The Morgan fingerprint density at radius 1 is 1.35 bits per heavy atom. The van der Waals surface area contributed by atoms with Gasteiger partial charge in [0.25, 0.3) is 5.91 Å². The summed E-state index contributed by atoms with van der Waals surface area (Å²) in [6.07, 6.45) is 4.21. The molecule has 0 saturated heterocycles. The molecule has 17 heavy (non-hydrogen) atoms. The van der Waals surface area contributed by atoms with Gasteiger partial charge in [0.1, 0.15) is 5.75 Å². The summed E-state index contributed by atoms with van der Waals surface area (Å²) in [7, 11) is 1.63. The molecule has 0 saturated carbocycles. The third-order valence-electron chi connectivity index (χ3n) is 3.27. The summed E-state index contributed by atoms with van der Waals surface area (Å²) in [5.74, 6) is 0.789. The van der Waals surface area contributed by atoms with Crippen LogP contribution in [-0.4, -0.2) is 19.1 Å². The van der Waals surface area contributed by atoms with E-state index >= 15 is 0 Å². The molecule has 1 aromatic carbocycles. The van der Waals surface area contributed by atoms with Crippen molar-refractivity contribution in [2.24, 2.45) is 0 Å². The largest absolute Gasteiger partial charge is 0.481 e. The van der Waals surface area contributed by atoms with Gasteiger partial charge >= 0.3 is 0 Å². The Labute approximate surface area is 102 Å². The molecule has 0 aromatic heterocycles. The van der Waals surface area contributed by atoms with E-state index in [0.29, 0.717) is 0 Å². The molecule has 1 aliphatic carbocycles. The number of carbonyl (C=O) groups is 1. The lowest BCUT2D eigenvalue weighted by Gasteiger charge is -2.21. The Morgan fingerprint density at radius 3 is 2.88 bits per heavy atom. The predicted octanol–water partition coefficient (Wildman–Crippen LogP) is 2.08. The zero-order valence-electron chi connectivity index (χ0n) is 10.5. The number of amides is 1. The Kier molecular flexibility index (Phi) is 3.67. The van der Waals surface area contributed by atoms with Gasteiger partial charge in [-0.2, -0.15) is 0 Å². The molecule has 0 bridgehead atoms. The normalized spacial score (nSPS) is 15.9. The summed E-state index contributed by atoms with van der Waals surface area (Å²) in [5.41, 5.74) is 2.66. The highest BCUT2D eigenvalue weighted by molar-refractivity contribution is 5.80. The highest BCUT2D eigenvalue weighted by Crippen LogP contribution is 2.30. The minimum absolute atomic E-state index is 0.0848. The van der Waals surface area contributed by atoms with Gasteiger partial charge in [-0.25, -0.2) is 0 Å². The minimum Gasteiger partial charge on any atom is -0.481 e. The zero-order chi connectivity index (χ0) is 12.3. The summed E-state index contributed by atoms with van der Waals surface area (Å²) in [5, 5.41) is 2.60. The van der Waals surface area contributed by atoms with E-state index in [1.54, 1.807) is 14.0 Å². The van der Waals surface area contributed by atoms with E-state index in [-0.39, 0.29) is 5.91 Å². The topological polar surface area (TPSA) is 38.3 Å². The molecule has 1 atom stereocenters. The van der Waals surface area contributed by atoms with Crippen molar-refractivity contribution in [1.82, 2.24) is 5.32 Å². The van der Waals surface area contributed by atoms with Crippen LogP contribution in [0.5, 0.6) is 5.75 Å². The number of rotatable bonds is 3. The summed E-state index contributed by atoms with van der Waals surface area (Å²) in [4.78, 5) is 11.4. The second kappa shape index (κ2) is 5.21. The third kappa shape index (κ3) is 2.60. The molecule has 0 radical (unpaired) electrons. The molecule has 1 N–H and O–H groups in total. The van der Waals surface area contributed by atoms with E-state index in [0.717, 1.165) is 18.6 Å². The number of aryl methyl sites for hydroxylation is 1. The van der Waals surface area contributed by atoms with Gasteiger partial charge in [-0.1, -0.05) is 12.1 Å². The molecule has 1 amide bonds. The maximum atomic E-state index is 11.4. The lowest BCUT2D eigenvalue weighted by atomic mass is 9.91. The van der Waals surface area contributed by atoms with Crippen molar-refractivity contribution in [2.75, 3.05) is 7.05 Å². The number of nitrogens with one attached hydrogen (secondary N) is 1. The SMILES string of the molecule is CNC(=O)[C@@H](C)Oc1cccc2c1CCCC2. The van der Waals surface area contributed by atoms with Gasteiger partial charge in [-0.05, 0) is 49.8 Å². The van der Waals surface area contributed by atoms with Gasteiger partial charge in [0, 0.05) is 7.05 Å². The van der Waals surface area contributed by atoms with Crippen molar-refractivity contribution < 1.29 is 9.53 Å². The molecule has 0 unspecified atom stereocenters. The summed E-state index contributed by atoms with van der Waals surface area (Å²) < 4.78 is 5.75. The smallest absolute Gasteiger partial charge is 0.260 e. The first-order valence-electron chi connectivity index (χ1n) is 6.21. The van der Waals surface area contributed by atoms with Gasteiger partial charge in [0.05, 0.1) is 0 Å². The maximum absolute atomic E-state index is 11.4. The van der Waals surface area contributed by atoms with Crippen molar-refractivity contribution in [2.45, 2.75) is 38.7 Å². The molecule has 3 nitrogen and oxygen atoms in total.